The van der Waals surface area contributed by atoms with Crippen molar-refractivity contribution in [3.05, 3.63) is 123 Å². The molecule has 12 nitrogen and oxygen atoms in total. The lowest BCUT2D eigenvalue weighted by atomic mass is 10.0. The lowest BCUT2D eigenvalue weighted by Gasteiger charge is -2.23. The molecule has 0 aliphatic carbocycles. The molecule has 16 heteroatoms. The first-order valence-electron chi connectivity index (χ1n) is 15.0. The molecule has 2 aromatic heterocycles. The number of benzene rings is 4. The first-order valence-corrected chi connectivity index (χ1v) is 17.2. The molecule has 258 valence electrons. The maximum absolute atomic E-state index is 14.4. The van der Waals surface area contributed by atoms with Crippen LogP contribution in [-0.2, 0) is 30.0 Å². The molecule has 4 aromatic carbocycles. The number of nitrogens with one attached hydrogen (secondary N) is 1. The lowest BCUT2D eigenvalue weighted by molar-refractivity contribution is 0.189. The Kier molecular flexibility index (Phi) is 9.20. The number of rotatable bonds is 10. The van der Waals surface area contributed by atoms with Gasteiger partial charge in [-0.1, -0.05) is 35.9 Å². The summed E-state index contributed by atoms with van der Waals surface area (Å²) in [4.78, 5) is 31.2. The Morgan fingerprint density at radius 3 is 2.36 bits per heavy atom. The molecule has 0 bridgehead atoms. The number of methoxy groups -OCH3 is 1. The topological polar surface area (TPSA) is 149 Å². The molecule has 0 aliphatic heterocycles. The molecular weight excluding hydrogens is 694 g/mol. The van der Waals surface area contributed by atoms with Crippen LogP contribution in [0.3, 0.4) is 0 Å². The fraction of sp³-hybridized carbons (Fsp3) is 0.176. The van der Waals surface area contributed by atoms with Crippen LogP contribution in [0.25, 0.3) is 27.5 Å². The summed E-state index contributed by atoms with van der Waals surface area (Å²) in [6, 6.07) is 17.7. The number of para-hydroxylation sites is 1. The van der Waals surface area contributed by atoms with Crippen molar-refractivity contribution in [2.75, 3.05) is 17.7 Å². The molecule has 50 heavy (non-hydrogen) atoms. The van der Waals surface area contributed by atoms with E-state index in [1.165, 1.54) is 28.5 Å². The van der Waals surface area contributed by atoms with Crippen LogP contribution in [0.4, 0.5) is 19.4 Å². The van der Waals surface area contributed by atoms with E-state index in [0.717, 1.165) is 22.7 Å². The van der Waals surface area contributed by atoms with Gasteiger partial charge in [-0.05, 0) is 59.7 Å². The molecule has 0 saturated carbocycles. The first kappa shape index (κ1) is 34.3. The van der Waals surface area contributed by atoms with Gasteiger partial charge in [-0.25, -0.2) is 31.3 Å². The van der Waals surface area contributed by atoms with Crippen molar-refractivity contribution in [1.82, 2.24) is 24.6 Å². The van der Waals surface area contributed by atoms with Crippen molar-refractivity contribution >= 4 is 55.3 Å². The van der Waals surface area contributed by atoms with Crippen LogP contribution in [-0.4, -0.2) is 52.3 Å². The van der Waals surface area contributed by atoms with Gasteiger partial charge in [-0.2, -0.15) is 5.10 Å². The molecule has 0 saturated heterocycles. The second-order valence-electron chi connectivity index (χ2n) is 11.5. The highest BCUT2D eigenvalue weighted by Gasteiger charge is 2.30. The largest absolute Gasteiger partial charge is 0.497 e. The van der Waals surface area contributed by atoms with Gasteiger partial charge in [-0.3, -0.25) is 14.0 Å². The number of fused-ring (bicyclic) bond motifs is 2. The Morgan fingerprint density at radius 1 is 1.04 bits per heavy atom. The molecule has 6 rings (SSSR count). The van der Waals surface area contributed by atoms with Gasteiger partial charge in [0.1, 0.15) is 23.2 Å². The van der Waals surface area contributed by atoms with Crippen LogP contribution in [0.5, 0.6) is 5.75 Å². The fourth-order valence-electron chi connectivity index (χ4n) is 5.88. The van der Waals surface area contributed by atoms with Crippen LogP contribution in [0.1, 0.15) is 23.0 Å². The van der Waals surface area contributed by atoms with E-state index in [0.29, 0.717) is 17.4 Å². The van der Waals surface area contributed by atoms with E-state index in [4.69, 9.17) is 16.3 Å². The number of nitrogens with zero attached hydrogens (tertiary/aromatic N) is 5. The molecule has 1 unspecified atom stereocenters. The summed E-state index contributed by atoms with van der Waals surface area (Å²) in [5.74, 6) is -1.29. The second-order valence-corrected chi connectivity index (χ2v) is 13.8. The smallest absolute Gasteiger partial charge is 0.405 e. The lowest BCUT2D eigenvalue weighted by Crippen LogP contribution is -2.35. The number of sulfonamides is 1. The maximum atomic E-state index is 14.4. The monoisotopic (exact) mass is 722 g/mol. The Bertz CT molecular complexity index is 2430. The zero-order chi connectivity index (χ0) is 35.9. The highest BCUT2D eigenvalue weighted by molar-refractivity contribution is 7.92. The number of aryl methyl sites for hydroxylation is 1. The maximum Gasteiger partial charge on any atom is 0.405 e. The van der Waals surface area contributed by atoms with Crippen molar-refractivity contribution in [2.24, 2.45) is 7.05 Å². The molecule has 0 fully saturated rings. The molecule has 2 heterocycles. The van der Waals surface area contributed by atoms with Crippen LogP contribution >= 0.6 is 11.6 Å². The molecule has 1 amide bonds. The Labute approximate surface area is 289 Å². The Hall–Kier alpha value is -5.54. The number of carbonyl (C=O) groups is 1. The third kappa shape index (κ3) is 6.69. The Morgan fingerprint density at radius 2 is 1.72 bits per heavy atom. The minimum absolute atomic E-state index is 0.0218. The third-order valence-corrected chi connectivity index (χ3v) is 9.45. The number of carboxylic acid groups (broad SMARTS) is 1. The van der Waals surface area contributed by atoms with Gasteiger partial charge in [0.25, 0.3) is 5.56 Å². The molecule has 6 aromatic rings. The number of aromatic nitrogens is 4. The Balaban J connectivity index is 1.61. The highest BCUT2D eigenvalue weighted by Crippen LogP contribution is 2.38. The summed E-state index contributed by atoms with van der Waals surface area (Å²) >= 11 is 6.76. The summed E-state index contributed by atoms with van der Waals surface area (Å²) < 4.78 is 63.8. The summed E-state index contributed by atoms with van der Waals surface area (Å²) in [6.07, 6.45) is -0.738. The number of ether oxygens (including phenoxy) is 1. The van der Waals surface area contributed by atoms with Crippen molar-refractivity contribution in [1.29, 1.82) is 0 Å². The summed E-state index contributed by atoms with van der Waals surface area (Å²) in [5, 5.41) is 17.2. The minimum Gasteiger partial charge on any atom is -0.497 e. The predicted molar refractivity (Wildman–Crippen MR) is 185 cm³/mol. The van der Waals surface area contributed by atoms with Gasteiger partial charge < -0.3 is 15.2 Å². The number of amides is 1. The SMILES string of the molecule is COc1ccc(CN(c2nn(C)c3c(-n4c(C(Cc5cc(F)cc(F)c5)NC(=O)O)nc5ccccc5c4=O)ccc(Cl)c23)S(C)(=O)=O)cc1. The number of halogens is 3. The van der Waals surface area contributed by atoms with Gasteiger partial charge >= 0.3 is 6.09 Å². The van der Waals surface area contributed by atoms with Crippen molar-refractivity contribution in [3.63, 3.8) is 0 Å². The van der Waals surface area contributed by atoms with Crippen LogP contribution in [0.15, 0.2) is 83.7 Å². The molecule has 2 N–H and O–H groups in total. The molecule has 1 atom stereocenters. The highest BCUT2D eigenvalue weighted by atomic mass is 35.5. The van der Waals surface area contributed by atoms with Crippen LogP contribution in [0, 0.1) is 11.6 Å². The van der Waals surface area contributed by atoms with E-state index in [-0.39, 0.29) is 62.7 Å². The average Bonchev–Trinajstić information content (AvgIpc) is 3.40. The number of anilines is 1. The van der Waals surface area contributed by atoms with E-state index in [2.05, 4.69) is 15.4 Å². The quantitative estimate of drug-likeness (QED) is 0.182. The third-order valence-electron chi connectivity index (χ3n) is 8.03. The van der Waals surface area contributed by atoms with Gasteiger partial charge in [0, 0.05) is 19.5 Å². The van der Waals surface area contributed by atoms with Crippen molar-refractivity contribution in [2.45, 2.75) is 19.0 Å². The van der Waals surface area contributed by atoms with Crippen molar-refractivity contribution < 1.29 is 31.8 Å². The fourth-order valence-corrected chi connectivity index (χ4v) is 6.94. The predicted octanol–water partition coefficient (Wildman–Crippen LogP) is 5.73. The number of hydrogen-bond donors (Lipinski definition) is 2. The molecule has 0 radical (unpaired) electrons. The molecule has 0 aliphatic rings. The summed E-state index contributed by atoms with van der Waals surface area (Å²) in [7, 11) is -0.911. The van der Waals surface area contributed by atoms with E-state index in [1.54, 1.807) is 55.6 Å². The first-order chi connectivity index (χ1) is 23.7. The zero-order valence-corrected chi connectivity index (χ0v) is 28.3. The summed E-state index contributed by atoms with van der Waals surface area (Å²) in [6.45, 7) is -0.118. The zero-order valence-electron chi connectivity index (χ0n) is 26.8. The van der Waals surface area contributed by atoms with Gasteiger partial charge in [0.15, 0.2) is 5.82 Å². The molecule has 0 spiro atoms. The van der Waals surface area contributed by atoms with Gasteiger partial charge in [-0.15, -0.1) is 0 Å². The van der Waals surface area contributed by atoms with Crippen LogP contribution in [0.2, 0.25) is 5.02 Å². The number of hydrogen-bond acceptors (Lipinski definition) is 7. The minimum atomic E-state index is -3.97. The molecular formula is C34H29ClF2N6O6S. The summed E-state index contributed by atoms with van der Waals surface area (Å²) in [5.41, 5.74) is 0.729. The van der Waals surface area contributed by atoms with Gasteiger partial charge in [0.2, 0.25) is 10.0 Å². The second kappa shape index (κ2) is 13.4. The standard InChI is InChI=1S/C34H29ClF2N6O6S/c1-41-30-28(13-12-25(35)29(30)32(40-41)42(50(3,47)48)18-19-8-10-23(49-2)11-9-19)43-31(38-26-7-5-4-6-24(26)33(43)44)27(39-34(45)46)16-20-14-21(36)17-22(37)15-20/h4-15,17,27,39H,16,18H2,1-3H3,(H,45,46). The normalized spacial score (nSPS) is 12.3. The van der Waals surface area contributed by atoms with E-state index >= 15 is 0 Å². The van der Waals surface area contributed by atoms with Crippen molar-refractivity contribution in [3.8, 4) is 11.4 Å². The van der Waals surface area contributed by atoms with E-state index < -0.39 is 39.4 Å². The van der Waals surface area contributed by atoms with Gasteiger partial charge in [0.05, 0.1) is 58.5 Å². The van der Waals surface area contributed by atoms with E-state index in [1.807, 2.05) is 0 Å². The van der Waals surface area contributed by atoms with E-state index in [9.17, 15) is 31.9 Å². The average molecular weight is 723 g/mol. The van der Waals surface area contributed by atoms with Crippen LogP contribution < -0.4 is 19.9 Å².